The van der Waals surface area contributed by atoms with Crippen molar-refractivity contribution in [3.8, 4) is 0 Å². The highest BCUT2D eigenvalue weighted by molar-refractivity contribution is 6.55. The Labute approximate surface area is 92.5 Å². The molecule has 14 heavy (non-hydrogen) atoms. The summed E-state index contributed by atoms with van der Waals surface area (Å²) in [7, 11) is 4.37. The maximum absolute atomic E-state index is 2.42. The number of rotatable bonds is 9. The van der Waals surface area contributed by atoms with Gasteiger partial charge in [0.1, 0.15) is 0 Å². The van der Waals surface area contributed by atoms with E-state index >= 15 is 0 Å². The first-order chi connectivity index (χ1) is 6.63. The Kier molecular flexibility index (Phi) is 9.84. The second-order valence-corrected chi connectivity index (χ2v) is 7.80. The van der Waals surface area contributed by atoms with Crippen molar-refractivity contribution in [2.45, 2.75) is 57.7 Å². The predicted molar refractivity (Wildman–Crippen MR) is 68.5 cm³/mol. The van der Waals surface area contributed by atoms with Crippen LogP contribution in [0.2, 0.25) is 19.1 Å². The maximum Gasteiger partial charge on any atom is 0.0412 e. The molecule has 0 rings (SSSR count). The Morgan fingerprint density at radius 1 is 0.786 bits per heavy atom. The average molecular weight is 214 g/mol. The van der Waals surface area contributed by atoms with Crippen LogP contribution in [0, 0.1) is 0 Å². The van der Waals surface area contributed by atoms with Crippen LogP contribution in [0.5, 0.6) is 0 Å². The molecule has 0 N–H and O–H groups in total. The first-order valence-electron chi connectivity index (χ1n) is 6.06. The van der Waals surface area contributed by atoms with Gasteiger partial charge in [0, 0.05) is 8.80 Å². The third-order valence-electron chi connectivity index (χ3n) is 2.53. The first kappa shape index (κ1) is 14.2. The fourth-order valence-electron chi connectivity index (χ4n) is 1.61. The van der Waals surface area contributed by atoms with Crippen molar-refractivity contribution >= 4 is 8.80 Å². The van der Waals surface area contributed by atoms with Crippen LogP contribution in [0.25, 0.3) is 0 Å². The smallest absolute Gasteiger partial charge is 0.0412 e. The largest absolute Gasteiger partial charge is 0.309 e. The van der Waals surface area contributed by atoms with Crippen molar-refractivity contribution in [3.63, 3.8) is 0 Å². The van der Waals surface area contributed by atoms with Gasteiger partial charge < -0.3 is 4.90 Å². The summed E-state index contributed by atoms with van der Waals surface area (Å²) in [6.45, 7) is 6.10. The van der Waals surface area contributed by atoms with Crippen LogP contribution in [0.4, 0.5) is 0 Å². The van der Waals surface area contributed by atoms with Gasteiger partial charge >= 0.3 is 0 Å². The van der Waals surface area contributed by atoms with Gasteiger partial charge in [-0.25, -0.2) is 0 Å². The highest BCUT2D eigenvalue weighted by atomic mass is 28.3. The fraction of sp³-hybridized carbons (Fsp3) is 1.00. The molecule has 0 fully saturated rings. The molecule has 0 spiro atoms. The van der Waals surface area contributed by atoms with Crippen molar-refractivity contribution in [2.24, 2.45) is 0 Å². The predicted octanol–water partition coefficient (Wildman–Crippen LogP) is 3.64. The minimum Gasteiger partial charge on any atom is -0.309 e. The third kappa shape index (κ3) is 12.2. The highest BCUT2D eigenvalue weighted by Crippen LogP contribution is 2.09. The topological polar surface area (TPSA) is 3.24 Å². The Hall–Kier alpha value is 0.177. The van der Waals surface area contributed by atoms with Gasteiger partial charge in [0.25, 0.3) is 0 Å². The van der Waals surface area contributed by atoms with Crippen LogP contribution in [0.1, 0.15) is 38.5 Å². The van der Waals surface area contributed by atoms with Gasteiger partial charge in [-0.05, 0) is 27.1 Å². The Morgan fingerprint density at radius 3 is 1.79 bits per heavy atom. The molecule has 0 bridgehead atoms. The summed E-state index contributed by atoms with van der Waals surface area (Å²) in [5, 5.41) is 0. The molecule has 0 aromatic heterocycles. The second-order valence-electron chi connectivity index (χ2n) is 4.88. The quantitative estimate of drug-likeness (QED) is 0.418. The monoisotopic (exact) mass is 214 g/mol. The van der Waals surface area contributed by atoms with Crippen LogP contribution in [0.3, 0.4) is 0 Å². The zero-order valence-electron chi connectivity index (χ0n) is 10.6. The van der Waals surface area contributed by atoms with Crippen LogP contribution in [-0.4, -0.2) is 34.3 Å². The molecule has 0 saturated carbocycles. The number of hydrogen-bond acceptors (Lipinski definition) is 1. The van der Waals surface area contributed by atoms with Gasteiger partial charge in [-0.1, -0.05) is 51.2 Å². The minimum atomic E-state index is 0.0505. The van der Waals surface area contributed by atoms with Gasteiger partial charge in [-0.2, -0.15) is 0 Å². The summed E-state index contributed by atoms with van der Waals surface area (Å²) in [5.41, 5.74) is 0. The van der Waals surface area contributed by atoms with Crippen LogP contribution in [-0.2, 0) is 0 Å². The molecule has 0 aliphatic carbocycles. The fourth-order valence-corrected chi connectivity index (χ4v) is 2.57. The van der Waals surface area contributed by atoms with E-state index in [0.29, 0.717) is 0 Å². The lowest BCUT2D eigenvalue weighted by Crippen LogP contribution is -2.12. The molecule has 0 saturated heterocycles. The number of nitrogens with zero attached hydrogens (tertiary/aromatic N) is 1. The molecule has 85 valence electrons. The molecule has 0 aliphatic rings. The van der Waals surface area contributed by atoms with Gasteiger partial charge in [0.2, 0.25) is 0 Å². The van der Waals surface area contributed by atoms with E-state index in [2.05, 4.69) is 32.1 Å². The zero-order valence-corrected chi connectivity index (χ0v) is 11.6. The molecule has 0 aromatic rings. The van der Waals surface area contributed by atoms with Crippen molar-refractivity contribution in [3.05, 3.63) is 0 Å². The van der Waals surface area contributed by atoms with E-state index in [-0.39, 0.29) is 8.80 Å². The summed E-state index contributed by atoms with van der Waals surface area (Å²) < 4.78 is 0. The molecule has 1 radical (unpaired) electrons. The summed E-state index contributed by atoms with van der Waals surface area (Å²) in [6, 6.07) is 1.52. The second kappa shape index (κ2) is 9.72. The average Bonchev–Trinajstić information content (AvgIpc) is 2.08. The zero-order chi connectivity index (χ0) is 10.8. The first-order valence-corrected chi connectivity index (χ1v) is 8.77. The van der Waals surface area contributed by atoms with E-state index in [4.69, 9.17) is 0 Å². The van der Waals surface area contributed by atoms with Crippen molar-refractivity contribution in [1.82, 2.24) is 4.90 Å². The molecule has 0 amide bonds. The molecule has 0 heterocycles. The molecule has 2 heteroatoms. The summed E-state index contributed by atoms with van der Waals surface area (Å²) in [5.74, 6) is 0. The molecular weight excluding hydrogens is 186 g/mol. The lowest BCUT2D eigenvalue weighted by Gasteiger charge is -2.08. The lowest BCUT2D eigenvalue weighted by atomic mass is 10.1. The molecule has 0 aromatic carbocycles. The van der Waals surface area contributed by atoms with Crippen LogP contribution >= 0.6 is 0 Å². The van der Waals surface area contributed by atoms with E-state index in [1.807, 2.05) is 0 Å². The van der Waals surface area contributed by atoms with Crippen LogP contribution in [0.15, 0.2) is 0 Å². The molecule has 0 unspecified atom stereocenters. The van der Waals surface area contributed by atoms with Crippen LogP contribution < -0.4 is 0 Å². The lowest BCUT2D eigenvalue weighted by molar-refractivity contribution is 0.389. The van der Waals surface area contributed by atoms with E-state index in [1.165, 1.54) is 51.1 Å². The Balaban J connectivity index is 2.92. The van der Waals surface area contributed by atoms with E-state index in [0.717, 1.165) is 0 Å². The molecule has 1 nitrogen and oxygen atoms in total. The minimum absolute atomic E-state index is 0.0505. The summed E-state index contributed by atoms with van der Waals surface area (Å²) >= 11 is 0. The van der Waals surface area contributed by atoms with E-state index < -0.39 is 0 Å². The Bertz CT molecular complexity index is 98.9. The van der Waals surface area contributed by atoms with Gasteiger partial charge in [0.15, 0.2) is 0 Å². The van der Waals surface area contributed by atoms with Crippen molar-refractivity contribution < 1.29 is 0 Å². The van der Waals surface area contributed by atoms with Gasteiger partial charge in [-0.3, -0.25) is 0 Å². The summed E-state index contributed by atoms with van der Waals surface area (Å²) in [6.07, 6.45) is 8.66. The van der Waals surface area contributed by atoms with E-state index in [1.54, 1.807) is 0 Å². The molecule has 0 atom stereocenters. The van der Waals surface area contributed by atoms with Crippen molar-refractivity contribution in [1.29, 1.82) is 0 Å². The normalized spacial score (nSPS) is 11.6. The van der Waals surface area contributed by atoms with Crippen molar-refractivity contribution in [2.75, 3.05) is 20.6 Å². The number of unbranched alkanes of at least 4 members (excludes halogenated alkanes) is 5. The maximum atomic E-state index is 2.42. The standard InChI is InChI=1S/C12H28NSi/c1-13(2)11-9-7-5-6-8-10-12-14(3)4/h5-12H2,1-4H3. The van der Waals surface area contributed by atoms with Gasteiger partial charge in [-0.15, -0.1) is 0 Å². The molecular formula is C12H28NSi. The third-order valence-corrected chi connectivity index (χ3v) is 3.89. The van der Waals surface area contributed by atoms with Gasteiger partial charge in [0.05, 0.1) is 0 Å². The molecule has 0 aliphatic heterocycles. The highest BCUT2D eigenvalue weighted by Gasteiger charge is 1.96. The van der Waals surface area contributed by atoms with E-state index in [9.17, 15) is 0 Å². The summed E-state index contributed by atoms with van der Waals surface area (Å²) in [4.78, 5) is 2.28. The number of hydrogen-bond donors (Lipinski definition) is 0. The SMILES string of the molecule is CN(C)CCCCCCCC[Si](C)C. The Morgan fingerprint density at radius 2 is 1.29 bits per heavy atom.